The Kier molecular flexibility index (Phi) is 6.78. The molecule has 5 rings (SSSR count). The summed E-state index contributed by atoms with van der Waals surface area (Å²) in [4.78, 5) is 13.3. The summed E-state index contributed by atoms with van der Waals surface area (Å²) in [5.41, 5.74) is 2.69. The van der Waals surface area contributed by atoms with E-state index in [4.69, 9.17) is 0 Å². The Balaban J connectivity index is 1.16. The molecule has 1 N–H and O–H groups in total. The fourth-order valence-electron chi connectivity index (χ4n) is 5.28. The van der Waals surface area contributed by atoms with Crippen molar-refractivity contribution in [2.24, 2.45) is 5.41 Å². The van der Waals surface area contributed by atoms with E-state index in [9.17, 15) is 21.6 Å². The number of nitrogens with zero attached hydrogens (tertiary/aromatic N) is 4. The molecule has 2 fully saturated rings. The number of likely N-dealkylation sites (tertiary alicyclic amines) is 1. The summed E-state index contributed by atoms with van der Waals surface area (Å²) in [7, 11) is -3.28. The molecule has 0 saturated carbocycles. The van der Waals surface area contributed by atoms with Crippen molar-refractivity contribution in [3.8, 4) is 0 Å². The molecule has 1 spiro atoms. The standard InChI is InChI=1S/C26H30F3N5O2S/c1-2-37(35,36)32-21-6-3-19(4-7-21)15-33-11-9-25(10-12-33)16-34(17-25)24-22-8-5-20(14-26(27,28)29)13-23(22)30-18-31-24/h3-8,13,18,32H,2,9-12,14-17H2,1H3. The van der Waals surface area contributed by atoms with E-state index in [1.807, 2.05) is 12.1 Å². The molecule has 3 aromatic rings. The maximum atomic E-state index is 12.8. The second kappa shape index (κ2) is 9.75. The molecule has 2 aliphatic heterocycles. The first kappa shape index (κ1) is 25.7. The molecular weight excluding hydrogens is 503 g/mol. The highest BCUT2D eigenvalue weighted by molar-refractivity contribution is 7.92. The van der Waals surface area contributed by atoms with Crippen LogP contribution in [0.4, 0.5) is 24.7 Å². The Morgan fingerprint density at radius 1 is 1.00 bits per heavy atom. The SMILES string of the molecule is CCS(=O)(=O)Nc1ccc(CN2CCC3(CC2)CN(c2ncnc4cc(CC(F)(F)F)ccc24)C3)cc1. The molecule has 0 unspecified atom stereocenters. The number of anilines is 2. The summed E-state index contributed by atoms with van der Waals surface area (Å²) < 4.78 is 64.4. The molecule has 3 heterocycles. The summed E-state index contributed by atoms with van der Waals surface area (Å²) in [6, 6.07) is 12.3. The molecule has 0 bridgehead atoms. The van der Waals surface area contributed by atoms with Gasteiger partial charge in [0.15, 0.2) is 0 Å². The van der Waals surface area contributed by atoms with Crippen LogP contribution in [0.15, 0.2) is 48.8 Å². The molecule has 198 valence electrons. The van der Waals surface area contributed by atoms with Crippen LogP contribution in [0.3, 0.4) is 0 Å². The van der Waals surface area contributed by atoms with E-state index in [-0.39, 0.29) is 16.7 Å². The molecule has 2 saturated heterocycles. The monoisotopic (exact) mass is 533 g/mol. The largest absolute Gasteiger partial charge is 0.393 e. The van der Waals surface area contributed by atoms with Gasteiger partial charge in [0.05, 0.1) is 17.7 Å². The molecule has 2 aromatic carbocycles. The zero-order chi connectivity index (χ0) is 26.3. The minimum Gasteiger partial charge on any atom is -0.355 e. The van der Waals surface area contributed by atoms with Gasteiger partial charge >= 0.3 is 6.18 Å². The van der Waals surface area contributed by atoms with Crippen LogP contribution in [0.2, 0.25) is 0 Å². The minimum absolute atomic E-state index is 0.0397. The third-order valence-electron chi connectivity index (χ3n) is 7.37. The molecule has 1 aromatic heterocycles. The van der Waals surface area contributed by atoms with Crippen LogP contribution in [0.1, 0.15) is 30.9 Å². The number of fused-ring (bicyclic) bond motifs is 1. The number of alkyl halides is 3. The third-order valence-corrected chi connectivity index (χ3v) is 8.67. The quantitative estimate of drug-likeness (QED) is 0.479. The summed E-state index contributed by atoms with van der Waals surface area (Å²) in [5, 5.41) is 0.783. The van der Waals surface area contributed by atoms with Crippen molar-refractivity contribution in [1.82, 2.24) is 14.9 Å². The first-order chi connectivity index (χ1) is 17.5. The van der Waals surface area contributed by atoms with E-state index in [0.29, 0.717) is 11.2 Å². The number of aromatic nitrogens is 2. The smallest absolute Gasteiger partial charge is 0.355 e. The van der Waals surface area contributed by atoms with Gasteiger partial charge in [-0.2, -0.15) is 13.2 Å². The van der Waals surface area contributed by atoms with Crippen molar-refractivity contribution in [3.05, 3.63) is 59.9 Å². The van der Waals surface area contributed by atoms with Gasteiger partial charge in [-0.15, -0.1) is 0 Å². The van der Waals surface area contributed by atoms with Crippen LogP contribution in [0, 0.1) is 5.41 Å². The van der Waals surface area contributed by atoms with Crippen LogP contribution in [-0.4, -0.2) is 61.4 Å². The summed E-state index contributed by atoms with van der Waals surface area (Å²) in [6.07, 6.45) is -1.65. The Labute approximate surface area is 214 Å². The Morgan fingerprint density at radius 3 is 2.32 bits per heavy atom. The molecule has 0 aliphatic carbocycles. The second-order valence-electron chi connectivity index (χ2n) is 10.2. The van der Waals surface area contributed by atoms with Crippen molar-refractivity contribution in [2.45, 2.75) is 38.9 Å². The average molecular weight is 534 g/mol. The van der Waals surface area contributed by atoms with E-state index in [0.717, 1.165) is 62.3 Å². The Morgan fingerprint density at radius 2 is 1.68 bits per heavy atom. The number of rotatable bonds is 7. The highest BCUT2D eigenvalue weighted by Crippen LogP contribution is 2.43. The first-order valence-electron chi connectivity index (χ1n) is 12.4. The normalized spacial score (nSPS) is 18.2. The average Bonchev–Trinajstić information content (AvgIpc) is 2.83. The van der Waals surface area contributed by atoms with E-state index in [1.165, 1.54) is 18.5 Å². The summed E-state index contributed by atoms with van der Waals surface area (Å²) in [6.45, 7) is 6.13. The number of hydrogen-bond acceptors (Lipinski definition) is 6. The Hall–Kier alpha value is -2.92. The number of sulfonamides is 1. The third kappa shape index (κ3) is 5.98. The van der Waals surface area contributed by atoms with Crippen molar-refractivity contribution in [2.75, 3.05) is 41.6 Å². The van der Waals surface area contributed by atoms with E-state index >= 15 is 0 Å². The molecule has 0 atom stereocenters. The van der Waals surface area contributed by atoms with Crippen LogP contribution in [-0.2, 0) is 23.0 Å². The lowest BCUT2D eigenvalue weighted by atomic mass is 9.72. The van der Waals surface area contributed by atoms with E-state index < -0.39 is 22.6 Å². The van der Waals surface area contributed by atoms with Gasteiger partial charge in [-0.1, -0.05) is 18.2 Å². The second-order valence-corrected chi connectivity index (χ2v) is 12.2. The summed E-state index contributed by atoms with van der Waals surface area (Å²) >= 11 is 0. The zero-order valence-electron chi connectivity index (χ0n) is 20.6. The number of nitrogens with one attached hydrogen (secondary N) is 1. The lowest BCUT2D eigenvalue weighted by Gasteiger charge is -2.54. The maximum absolute atomic E-state index is 12.8. The highest BCUT2D eigenvalue weighted by atomic mass is 32.2. The number of halogens is 3. The van der Waals surface area contributed by atoms with Gasteiger partial charge in [-0.3, -0.25) is 9.62 Å². The number of hydrogen-bond donors (Lipinski definition) is 1. The van der Waals surface area contributed by atoms with Crippen molar-refractivity contribution >= 4 is 32.4 Å². The van der Waals surface area contributed by atoms with Crippen LogP contribution in [0.5, 0.6) is 0 Å². The number of piperidine rings is 1. The van der Waals surface area contributed by atoms with Crippen LogP contribution in [0.25, 0.3) is 10.9 Å². The maximum Gasteiger partial charge on any atom is 0.393 e. The zero-order valence-corrected chi connectivity index (χ0v) is 21.4. The van der Waals surface area contributed by atoms with Gasteiger partial charge in [0.1, 0.15) is 12.1 Å². The van der Waals surface area contributed by atoms with Gasteiger partial charge in [-0.05, 0) is 68.2 Å². The van der Waals surface area contributed by atoms with Gasteiger partial charge in [-0.25, -0.2) is 18.4 Å². The predicted molar refractivity (Wildman–Crippen MR) is 138 cm³/mol. The fraction of sp³-hybridized carbons (Fsp3) is 0.462. The van der Waals surface area contributed by atoms with Crippen LogP contribution < -0.4 is 9.62 Å². The molecule has 0 radical (unpaired) electrons. The van der Waals surface area contributed by atoms with Gasteiger partial charge in [0.2, 0.25) is 10.0 Å². The lowest BCUT2D eigenvalue weighted by molar-refractivity contribution is -0.127. The minimum atomic E-state index is -4.25. The van der Waals surface area contributed by atoms with Gasteiger partial charge < -0.3 is 4.90 Å². The molecule has 7 nitrogen and oxygen atoms in total. The van der Waals surface area contributed by atoms with Gasteiger partial charge in [0, 0.05) is 36.1 Å². The van der Waals surface area contributed by atoms with Crippen molar-refractivity contribution < 1.29 is 21.6 Å². The topological polar surface area (TPSA) is 78.4 Å². The molecule has 37 heavy (non-hydrogen) atoms. The molecule has 2 aliphatic rings. The summed E-state index contributed by atoms with van der Waals surface area (Å²) in [5.74, 6) is 0.827. The van der Waals surface area contributed by atoms with Gasteiger partial charge in [0.25, 0.3) is 0 Å². The highest BCUT2D eigenvalue weighted by Gasteiger charge is 2.45. The predicted octanol–water partition coefficient (Wildman–Crippen LogP) is 4.60. The van der Waals surface area contributed by atoms with E-state index in [1.54, 1.807) is 25.1 Å². The van der Waals surface area contributed by atoms with Crippen molar-refractivity contribution in [1.29, 1.82) is 0 Å². The first-order valence-corrected chi connectivity index (χ1v) is 14.1. The molecule has 0 amide bonds. The number of benzene rings is 2. The Bertz CT molecular complexity index is 1360. The van der Waals surface area contributed by atoms with E-state index in [2.05, 4.69) is 24.5 Å². The van der Waals surface area contributed by atoms with Crippen molar-refractivity contribution in [3.63, 3.8) is 0 Å². The lowest BCUT2D eigenvalue weighted by Crippen LogP contribution is -2.60. The fourth-order valence-corrected chi connectivity index (χ4v) is 5.92. The molecular formula is C26H30F3N5O2S. The van der Waals surface area contributed by atoms with Crippen LogP contribution >= 0.6 is 0 Å². The molecule has 11 heteroatoms.